The van der Waals surface area contributed by atoms with Gasteiger partial charge in [-0.15, -0.1) is 11.3 Å². The maximum atomic E-state index is 13.2. The molecule has 7 nitrogen and oxygen atoms in total. The molecule has 0 N–H and O–H groups in total. The Kier molecular flexibility index (Phi) is 5.59. The summed E-state index contributed by atoms with van der Waals surface area (Å²) in [5, 5.41) is 0. The Morgan fingerprint density at radius 1 is 1.25 bits per heavy atom. The first-order chi connectivity index (χ1) is 13.6. The van der Waals surface area contributed by atoms with Crippen molar-refractivity contribution in [3.05, 3.63) is 46.4 Å². The minimum absolute atomic E-state index is 0.0257. The molecule has 2 atom stereocenters. The molecule has 4 rings (SSSR count). The lowest BCUT2D eigenvalue weighted by molar-refractivity contribution is -0.139. The molecule has 28 heavy (non-hydrogen) atoms. The van der Waals surface area contributed by atoms with Crippen LogP contribution in [0.4, 0.5) is 0 Å². The minimum Gasteiger partial charge on any atom is -0.487 e. The highest BCUT2D eigenvalue weighted by Gasteiger charge is 2.43. The Bertz CT molecular complexity index is 835. The average Bonchev–Trinajstić information content (AvgIpc) is 3.35. The van der Waals surface area contributed by atoms with Crippen molar-refractivity contribution >= 4 is 23.2 Å². The van der Waals surface area contributed by atoms with E-state index in [1.807, 2.05) is 25.1 Å². The number of thiophene rings is 1. The van der Waals surface area contributed by atoms with E-state index < -0.39 is 6.04 Å². The summed E-state index contributed by atoms with van der Waals surface area (Å²) in [5.41, 5.74) is 0. The van der Waals surface area contributed by atoms with Crippen LogP contribution in [0.25, 0.3) is 0 Å². The van der Waals surface area contributed by atoms with Gasteiger partial charge in [0.1, 0.15) is 17.9 Å². The van der Waals surface area contributed by atoms with Crippen molar-refractivity contribution < 1.29 is 19.1 Å². The Balaban J connectivity index is 1.54. The molecule has 0 spiro atoms. The van der Waals surface area contributed by atoms with Crippen LogP contribution >= 0.6 is 11.3 Å². The zero-order chi connectivity index (χ0) is 19.5. The largest absolute Gasteiger partial charge is 0.487 e. The zero-order valence-corrected chi connectivity index (χ0v) is 16.6. The van der Waals surface area contributed by atoms with Crippen molar-refractivity contribution in [1.82, 2.24) is 14.8 Å². The second kappa shape index (κ2) is 8.28. The van der Waals surface area contributed by atoms with Gasteiger partial charge in [-0.2, -0.15) is 0 Å². The van der Waals surface area contributed by atoms with Crippen LogP contribution in [-0.2, 0) is 9.53 Å². The second-order valence-corrected chi connectivity index (χ2v) is 8.27. The summed E-state index contributed by atoms with van der Waals surface area (Å²) >= 11 is 1.45. The summed E-state index contributed by atoms with van der Waals surface area (Å²) in [4.78, 5) is 35.5. The van der Waals surface area contributed by atoms with Gasteiger partial charge in [0.25, 0.3) is 5.91 Å². The molecule has 0 unspecified atom stereocenters. The van der Waals surface area contributed by atoms with Crippen LogP contribution < -0.4 is 4.74 Å². The molecular weight excluding hydrogens is 378 g/mol. The van der Waals surface area contributed by atoms with E-state index in [4.69, 9.17) is 9.47 Å². The average molecular weight is 401 g/mol. The Morgan fingerprint density at radius 3 is 2.75 bits per heavy atom. The van der Waals surface area contributed by atoms with E-state index in [2.05, 4.69) is 4.98 Å². The van der Waals surface area contributed by atoms with Gasteiger partial charge in [0.15, 0.2) is 0 Å². The third kappa shape index (κ3) is 4.02. The molecule has 0 saturated carbocycles. The number of morpholine rings is 1. The molecule has 0 radical (unpaired) electrons. The van der Waals surface area contributed by atoms with Crippen molar-refractivity contribution in [3.63, 3.8) is 0 Å². The SMILES string of the molecule is Cc1ccc(C(=O)N2C[C@@H](Oc3cccnc3)C[C@H]2C(=O)N2CCOCC2)s1. The number of likely N-dealkylation sites (tertiary alicyclic amines) is 1. The normalized spacial score (nSPS) is 22.3. The Hall–Kier alpha value is -2.45. The lowest BCUT2D eigenvalue weighted by atomic mass is 10.1. The van der Waals surface area contributed by atoms with Gasteiger partial charge in [0.2, 0.25) is 5.91 Å². The number of nitrogens with zero attached hydrogens (tertiary/aromatic N) is 3. The molecule has 2 aromatic rings. The predicted octanol–water partition coefficient (Wildman–Crippen LogP) is 1.97. The predicted molar refractivity (Wildman–Crippen MR) is 105 cm³/mol. The third-order valence-electron chi connectivity index (χ3n) is 5.02. The molecule has 2 aromatic heterocycles. The maximum absolute atomic E-state index is 13.2. The molecule has 0 aliphatic carbocycles. The molecule has 2 aliphatic rings. The summed E-state index contributed by atoms with van der Waals surface area (Å²) in [6.07, 6.45) is 3.55. The first-order valence-corrected chi connectivity index (χ1v) is 10.2. The van der Waals surface area contributed by atoms with E-state index in [0.717, 1.165) is 4.88 Å². The van der Waals surface area contributed by atoms with E-state index in [1.54, 1.807) is 28.3 Å². The fraction of sp³-hybridized carbons (Fsp3) is 0.450. The molecule has 2 amide bonds. The van der Waals surface area contributed by atoms with Gasteiger partial charge in [-0.1, -0.05) is 0 Å². The van der Waals surface area contributed by atoms with Crippen LogP contribution in [-0.4, -0.2) is 71.6 Å². The minimum atomic E-state index is -0.519. The first kappa shape index (κ1) is 18.9. The number of ether oxygens (including phenoxy) is 2. The third-order valence-corrected chi connectivity index (χ3v) is 6.01. The first-order valence-electron chi connectivity index (χ1n) is 9.42. The van der Waals surface area contributed by atoms with Crippen molar-refractivity contribution in [3.8, 4) is 5.75 Å². The van der Waals surface area contributed by atoms with Crippen LogP contribution in [0.5, 0.6) is 5.75 Å². The molecule has 148 valence electrons. The monoisotopic (exact) mass is 401 g/mol. The Morgan fingerprint density at radius 2 is 2.07 bits per heavy atom. The van der Waals surface area contributed by atoms with Crippen molar-refractivity contribution in [1.29, 1.82) is 0 Å². The quantitative estimate of drug-likeness (QED) is 0.783. The molecule has 2 aliphatic heterocycles. The lowest BCUT2D eigenvalue weighted by Gasteiger charge is -2.32. The van der Waals surface area contributed by atoms with Crippen LogP contribution in [0.1, 0.15) is 21.0 Å². The zero-order valence-electron chi connectivity index (χ0n) is 15.7. The van der Waals surface area contributed by atoms with Crippen LogP contribution in [0.2, 0.25) is 0 Å². The number of aromatic nitrogens is 1. The molecule has 4 heterocycles. The molecule has 2 fully saturated rings. The van der Waals surface area contributed by atoms with Crippen LogP contribution in [0.3, 0.4) is 0 Å². The summed E-state index contributed by atoms with van der Waals surface area (Å²) < 4.78 is 11.4. The van der Waals surface area contributed by atoms with Crippen LogP contribution in [0.15, 0.2) is 36.7 Å². The molecule has 8 heteroatoms. The van der Waals surface area contributed by atoms with Gasteiger partial charge in [0.05, 0.1) is 30.8 Å². The van der Waals surface area contributed by atoms with E-state index in [0.29, 0.717) is 49.9 Å². The number of carbonyl (C=O) groups is 2. The number of pyridine rings is 1. The van der Waals surface area contributed by atoms with Gasteiger partial charge < -0.3 is 19.3 Å². The summed E-state index contributed by atoms with van der Waals surface area (Å²) in [7, 11) is 0. The van der Waals surface area contributed by atoms with E-state index in [1.165, 1.54) is 11.3 Å². The number of hydrogen-bond donors (Lipinski definition) is 0. The van der Waals surface area contributed by atoms with Crippen molar-refractivity contribution in [2.75, 3.05) is 32.8 Å². The number of hydrogen-bond acceptors (Lipinski definition) is 6. The van der Waals surface area contributed by atoms with Crippen molar-refractivity contribution in [2.45, 2.75) is 25.5 Å². The van der Waals surface area contributed by atoms with Crippen molar-refractivity contribution in [2.24, 2.45) is 0 Å². The molecule has 2 saturated heterocycles. The molecule has 0 aromatic carbocycles. The van der Waals surface area contributed by atoms with E-state index in [9.17, 15) is 9.59 Å². The summed E-state index contributed by atoms with van der Waals surface area (Å²) in [5.74, 6) is 0.510. The van der Waals surface area contributed by atoms with E-state index >= 15 is 0 Å². The Labute approximate surface area is 167 Å². The number of carbonyl (C=O) groups excluding carboxylic acids is 2. The number of aryl methyl sites for hydroxylation is 1. The van der Waals surface area contributed by atoms with Gasteiger partial charge >= 0.3 is 0 Å². The molecule has 0 bridgehead atoms. The van der Waals surface area contributed by atoms with E-state index in [-0.39, 0.29) is 17.9 Å². The smallest absolute Gasteiger partial charge is 0.264 e. The topological polar surface area (TPSA) is 72.0 Å². The van der Waals surface area contributed by atoms with Gasteiger partial charge in [-0.3, -0.25) is 14.6 Å². The number of rotatable bonds is 4. The van der Waals surface area contributed by atoms with Gasteiger partial charge in [-0.05, 0) is 31.2 Å². The highest BCUT2D eigenvalue weighted by atomic mass is 32.1. The van der Waals surface area contributed by atoms with Gasteiger partial charge in [-0.25, -0.2) is 0 Å². The fourth-order valence-electron chi connectivity index (χ4n) is 3.64. The second-order valence-electron chi connectivity index (χ2n) is 6.99. The van der Waals surface area contributed by atoms with Crippen LogP contribution in [0, 0.1) is 6.92 Å². The molecular formula is C20H23N3O4S. The van der Waals surface area contributed by atoms with Gasteiger partial charge in [0, 0.05) is 30.6 Å². The summed E-state index contributed by atoms with van der Waals surface area (Å²) in [6, 6.07) is 6.87. The fourth-order valence-corrected chi connectivity index (χ4v) is 4.46. The highest BCUT2D eigenvalue weighted by molar-refractivity contribution is 7.13. The lowest BCUT2D eigenvalue weighted by Crippen LogP contribution is -2.50. The maximum Gasteiger partial charge on any atom is 0.264 e. The summed E-state index contributed by atoms with van der Waals surface area (Å²) in [6.45, 7) is 4.53. The highest BCUT2D eigenvalue weighted by Crippen LogP contribution is 2.28. The number of amides is 2. The standard InChI is InChI=1S/C20H23N3O4S/c1-14-4-5-18(28-14)20(25)23-13-16(27-15-3-2-6-21-12-15)11-17(23)19(24)22-7-9-26-10-8-22/h2-6,12,16-17H,7-11,13H2,1H3/t16-,17-/m0/s1.